The number of hydrogen-bond donors (Lipinski definition) is 1. The number of rotatable bonds is 3. The standard InChI is InChI=1S/C19H24BN3O5/c1-18(2)19(3,4)28-20(27-18)12-8-7-9-13(10-12)21-15(24)14-11-22(5)17(26)23(6)16(14)25/h7-11H,1-6H3,(H,21,24). The maximum atomic E-state index is 12.6. The van der Waals surface area contributed by atoms with Crippen LogP contribution in [0.2, 0.25) is 0 Å². The summed E-state index contributed by atoms with van der Waals surface area (Å²) in [5.41, 5.74) is -0.966. The summed E-state index contributed by atoms with van der Waals surface area (Å²) >= 11 is 0. The van der Waals surface area contributed by atoms with E-state index in [4.69, 9.17) is 9.31 Å². The number of nitrogens with one attached hydrogen (secondary N) is 1. The van der Waals surface area contributed by atoms with Crippen LogP contribution < -0.4 is 22.0 Å². The summed E-state index contributed by atoms with van der Waals surface area (Å²) in [7, 11) is 2.25. The molecule has 0 spiro atoms. The largest absolute Gasteiger partial charge is 0.494 e. The van der Waals surface area contributed by atoms with Gasteiger partial charge in [-0.25, -0.2) is 4.79 Å². The number of carbonyl (C=O) groups is 1. The van der Waals surface area contributed by atoms with E-state index in [0.29, 0.717) is 5.69 Å². The Morgan fingerprint density at radius 1 is 1.07 bits per heavy atom. The second kappa shape index (κ2) is 6.75. The van der Waals surface area contributed by atoms with Gasteiger partial charge < -0.3 is 19.2 Å². The number of amides is 1. The Morgan fingerprint density at radius 2 is 1.68 bits per heavy atom. The van der Waals surface area contributed by atoms with E-state index in [2.05, 4.69) is 5.32 Å². The van der Waals surface area contributed by atoms with Gasteiger partial charge in [0.15, 0.2) is 0 Å². The molecule has 0 atom stereocenters. The third-order valence-corrected chi connectivity index (χ3v) is 5.36. The number of carbonyl (C=O) groups excluding carboxylic acids is 1. The zero-order valence-corrected chi connectivity index (χ0v) is 16.9. The fraction of sp³-hybridized carbons (Fsp3) is 0.421. The number of aryl methyl sites for hydroxylation is 1. The lowest BCUT2D eigenvalue weighted by Gasteiger charge is -2.32. The fourth-order valence-corrected chi connectivity index (χ4v) is 2.90. The van der Waals surface area contributed by atoms with Crippen LogP contribution in [0.1, 0.15) is 38.1 Å². The third kappa shape index (κ3) is 3.43. The topological polar surface area (TPSA) is 91.6 Å². The molecule has 8 nitrogen and oxygen atoms in total. The van der Waals surface area contributed by atoms with E-state index in [1.807, 2.05) is 33.8 Å². The lowest BCUT2D eigenvalue weighted by molar-refractivity contribution is 0.00578. The molecule has 1 aromatic heterocycles. The Hall–Kier alpha value is -2.65. The summed E-state index contributed by atoms with van der Waals surface area (Å²) in [4.78, 5) is 36.6. The minimum atomic E-state index is -0.650. The molecule has 2 aromatic rings. The third-order valence-electron chi connectivity index (χ3n) is 5.36. The van der Waals surface area contributed by atoms with Gasteiger partial charge >= 0.3 is 12.8 Å². The highest BCUT2D eigenvalue weighted by Gasteiger charge is 2.51. The molecule has 0 unspecified atom stereocenters. The average Bonchev–Trinajstić information content (AvgIpc) is 2.84. The summed E-state index contributed by atoms with van der Waals surface area (Å²) in [6, 6.07) is 7.07. The van der Waals surface area contributed by atoms with Gasteiger partial charge in [0, 0.05) is 26.0 Å². The second-order valence-electron chi connectivity index (χ2n) is 7.97. The molecular formula is C19H24BN3O5. The molecule has 0 bridgehead atoms. The first-order valence-corrected chi connectivity index (χ1v) is 8.96. The van der Waals surface area contributed by atoms with Crippen LogP contribution in [0.25, 0.3) is 0 Å². The Balaban J connectivity index is 1.86. The normalized spacial score (nSPS) is 17.6. The van der Waals surface area contributed by atoms with Crippen LogP contribution in [0.4, 0.5) is 5.69 Å². The Bertz CT molecular complexity index is 1040. The lowest BCUT2D eigenvalue weighted by atomic mass is 9.79. The highest BCUT2D eigenvalue weighted by atomic mass is 16.7. The zero-order chi connectivity index (χ0) is 20.9. The van der Waals surface area contributed by atoms with E-state index < -0.39 is 35.5 Å². The summed E-state index contributed by atoms with van der Waals surface area (Å²) in [6.07, 6.45) is 1.23. The van der Waals surface area contributed by atoms with Crippen molar-refractivity contribution in [2.75, 3.05) is 5.32 Å². The molecular weight excluding hydrogens is 361 g/mol. The molecule has 0 aliphatic carbocycles. The lowest BCUT2D eigenvalue weighted by Crippen LogP contribution is -2.41. The minimum Gasteiger partial charge on any atom is -0.399 e. The van der Waals surface area contributed by atoms with Crippen LogP contribution in [0.3, 0.4) is 0 Å². The van der Waals surface area contributed by atoms with Crippen molar-refractivity contribution in [3.63, 3.8) is 0 Å². The molecule has 1 aliphatic heterocycles. The van der Waals surface area contributed by atoms with E-state index in [1.165, 1.54) is 24.9 Å². The van der Waals surface area contributed by atoms with Crippen molar-refractivity contribution in [3.8, 4) is 0 Å². The SMILES string of the molecule is Cn1cc(C(=O)Nc2cccc(B3OC(C)(C)C(C)(C)O3)c2)c(=O)n(C)c1=O. The average molecular weight is 385 g/mol. The summed E-state index contributed by atoms with van der Waals surface area (Å²) in [5, 5.41) is 2.70. The van der Waals surface area contributed by atoms with Gasteiger partial charge in [0.2, 0.25) is 0 Å². The molecule has 1 aromatic carbocycles. The molecule has 1 aliphatic rings. The van der Waals surface area contributed by atoms with E-state index in [-0.39, 0.29) is 5.56 Å². The first-order chi connectivity index (χ1) is 12.9. The predicted molar refractivity (Wildman–Crippen MR) is 107 cm³/mol. The van der Waals surface area contributed by atoms with Crippen molar-refractivity contribution < 1.29 is 14.1 Å². The predicted octanol–water partition coefficient (Wildman–Crippen LogP) is 0.636. The van der Waals surface area contributed by atoms with E-state index in [9.17, 15) is 14.4 Å². The molecule has 0 saturated carbocycles. The van der Waals surface area contributed by atoms with Crippen LogP contribution in [0.15, 0.2) is 40.1 Å². The highest BCUT2D eigenvalue weighted by Crippen LogP contribution is 2.36. The number of anilines is 1. The molecule has 148 valence electrons. The molecule has 1 N–H and O–H groups in total. The molecule has 28 heavy (non-hydrogen) atoms. The van der Waals surface area contributed by atoms with Crippen LogP contribution in [-0.4, -0.2) is 33.4 Å². The van der Waals surface area contributed by atoms with Crippen molar-refractivity contribution in [2.45, 2.75) is 38.9 Å². The fourth-order valence-electron chi connectivity index (χ4n) is 2.90. The zero-order valence-electron chi connectivity index (χ0n) is 16.9. The molecule has 0 radical (unpaired) electrons. The number of aromatic nitrogens is 2. The second-order valence-corrected chi connectivity index (χ2v) is 7.97. The molecule has 1 amide bonds. The summed E-state index contributed by atoms with van der Waals surface area (Å²) in [5.74, 6) is -0.595. The van der Waals surface area contributed by atoms with Crippen LogP contribution in [0.5, 0.6) is 0 Å². The van der Waals surface area contributed by atoms with Crippen molar-refractivity contribution in [2.24, 2.45) is 14.1 Å². The molecule has 1 saturated heterocycles. The van der Waals surface area contributed by atoms with Crippen LogP contribution in [0, 0.1) is 0 Å². The molecule has 2 heterocycles. The molecule has 1 fully saturated rings. The first kappa shape index (κ1) is 20.1. The van der Waals surface area contributed by atoms with Crippen LogP contribution >= 0.6 is 0 Å². The maximum Gasteiger partial charge on any atom is 0.494 e. The van der Waals surface area contributed by atoms with Gasteiger partial charge in [0.1, 0.15) is 5.56 Å². The van der Waals surface area contributed by atoms with Gasteiger partial charge in [0.25, 0.3) is 11.5 Å². The van der Waals surface area contributed by atoms with Crippen molar-refractivity contribution in [1.29, 1.82) is 0 Å². The smallest absolute Gasteiger partial charge is 0.399 e. The molecule has 3 rings (SSSR count). The van der Waals surface area contributed by atoms with E-state index in [1.54, 1.807) is 18.2 Å². The maximum absolute atomic E-state index is 12.6. The van der Waals surface area contributed by atoms with E-state index in [0.717, 1.165) is 10.0 Å². The van der Waals surface area contributed by atoms with Gasteiger partial charge in [-0.15, -0.1) is 0 Å². The Morgan fingerprint density at radius 3 is 2.29 bits per heavy atom. The molecule has 9 heteroatoms. The van der Waals surface area contributed by atoms with Crippen molar-refractivity contribution >= 4 is 24.2 Å². The van der Waals surface area contributed by atoms with Crippen molar-refractivity contribution in [1.82, 2.24) is 9.13 Å². The summed E-state index contributed by atoms with van der Waals surface area (Å²) in [6.45, 7) is 7.87. The van der Waals surface area contributed by atoms with Gasteiger partial charge in [-0.3, -0.25) is 14.2 Å². The Labute approximate surface area is 163 Å². The Kier molecular flexibility index (Phi) is 4.85. The summed E-state index contributed by atoms with van der Waals surface area (Å²) < 4.78 is 14.2. The van der Waals surface area contributed by atoms with Gasteiger partial charge in [-0.1, -0.05) is 12.1 Å². The van der Waals surface area contributed by atoms with Crippen molar-refractivity contribution in [3.05, 3.63) is 56.9 Å². The van der Waals surface area contributed by atoms with Gasteiger partial charge in [-0.2, -0.15) is 0 Å². The minimum absolute atomic E-state index is 0.120. The number of nitrogens with zero attached hydrogens (tertiary/aromatic N) is 2. The quantitative estimate of drug-likeness (QED) is 0.783. The van der Waals surface area contributed by atoms with Gasteiger partial charge in [0.05, 0.1) is 11.2 Å². The number of benzene rings is 1. The van der Waals surface area contributed by atoms with Gasteiger partial charge in [-0.05, 0) is 45.3 Å². The van der Waals surface area contributed by atoms with E-state index >= 15 is 0 Å². The monoisotopic (exact) mass is 385 g/mol. The van der Waals surface area contributed by atoms with Crippen LogP contribution in [-0.2, 0) is 23.4 Å². The first-order valence-electron chi connectivity index (χ1n) is 8.96. The number of hydrogen-bond acceptors (Lipinski definition) is 5. The highest BCUT2D eigenvalue weighted by molar-refractivity contribution is 6.62.